The Morgan fingerprint density at radius 2 is 2.00 bits per heavy atom. The van der Waals surface area contributed by atoms with Gasteiger partial charge in [0.15, 0.2) is 0 Å². The van der Waals surface area contributed by atoms with Crippen molar-refractivity contribution in [3.63, 3.8) is 0 Å². The number of hydrogen-bond donors (Lipinski definition) is 2. The number of anilines is 2. The van der Waals surface area contributed by atoms with E-state index in [4.69, 9.17) is 0 Å². The second-order valence-corrected chi connectivity index (χ2v) is 5.06. The number of nitrogens with one attached hydrogen (secondary N) is 2. The van der Waals surface area contributed by atoms with E-state index < -0.39 is 0 Å². The summed E-state index contributed by atoms with van der Waals surface area (Å²) in [5, 5.41) is 6.14. The average Bonchev–Trinajstić information content (AvgIpc) is 2.50. The van der Waals surface area contributed by atoms with Crippen LogP contribution in [0.3, 0.4) is 0 Å². The summed E-state index contributed by atoms with van der Waals surface area (Å²) >= 11 is 0. The lowest BCUT2D eigenvalue weighted by Crippen LogP contribution is -2.24. The Hall–Kier alpha value is -2.36. The largest absolute Gasteiger partial charge is 0.354 e. The van der Waals surface area contributed by atoms with E-state index in [2.05, 4.69) is 35.5 Å². The Kier molecular flexibility index (Phi) is 4.93. The first-order valence-electron chi connectivity index (χ1n) is 7.19. The number of aryl methyl sites for hydroxylation is 1. The molecule has 0 radical (unpaired) electrons. The lowest BCUT2D eigenvalue weighted by Gasteiger charge is -2.11. The second kappa shape index (κ2) is 6.88. The van der Waals surface area contributed by atoms with Gasteiger partial charge in [0.1, 0.15) is 5.69 Å². The number of carbonyl (C=O) groups excluding carboxylic acids is 1. The molecule has 2 aromatic rings. The van der Waals surface area contributed by atoms with Gasteiger partial charge in [0.05, 0.1) is 11.9 Å². The molecule has 0 aliphatic carbocycles. The lowest BCUT2D eigenvalue weighted by molar-refractivity contribution is 0.0949. The van der Waals surface area contributed by atoms with Gasteiger partial charge in [-0.2, -0.15) is 0 Å². The SMILES string of the molecule is CCCNC(=O)c1ccc(Nc2cccc(C)c2C)cn1. The van der Waals surface area contributed by atoms with Gasteiger partial charge in [0.2, 0.25) is 0 Å². The average molecular weight is 283 g/mol. The van der Waals surface area contributed by atoms with Gasteiger partial charge in [-0.05, 0) is 49.6 Å². The summed E-state index contributed by atoms with van der Waals surface area (Å²) in [4.78, 5) is 16.0. The molecule has 1 aromatic carbocycles. The maximum Gasteiger partial charge on any atom is 0.269 e. The monoisotopic (exact) mass is 283 g/mol. The van der Waals surface area contributed by atoms with Crippen LogP contribution in [0, 0.1) is 13.8 Å². The van der Waals surface area contributed by atoms with Crippen molar-refractivity contribution in [1.82, 2.24) is 10.3 Å². The number of amides is 1. The Balaban J connectivity index is 2.09. The second-order valence-electron chi connectivity index (χ2n) is 5.06. The van der Waals surface area contributed by atoms with Crippen LogP contribution in [0.2, 0.25) is 0 Å². The number of carbonyl (C=O) groups is 1. The van der Waals surface area contributed by atoms with Crippen LogP contribution in [0.4, 0.5) is 11.4 Å². The molecule has 4 heteroatoms. The summed E-state index contributed by atoms with van der Waals surface area (Å²) in [5.41, 5.74) is 4.82. The minimum Gasteiger partial charge on any atom is -0.354 e. The number of benzene rings is 1. The highest BCUT2D eigenvalue weighted by molar-refractivity contribution is 5.92. The van der Waals surface area contributed by atoms with Crippen molar-refractivity contribution < 1.29 is 4.79 Å². The molecule has 2 rings (SSSR count). The van der Waals surface area contributed by atoms with E-state index >= 15 is 0 Å². The number of aromatic nitrogens is 1. The van der Waals surface area contributed by atoms with E-state index in [0.29, 0.717) is 12.2 Å². The fourth-order valence-corrected chi connectivity index (χ4v) is 1.97. The quantitative estimate of drug-likeness (QED) is 0.881. The summed E-state index contributed by atoms with van der Waals surface area (Å²) in [5.74, 6) is -0.130. The minimum atomic E-state index is -0.130. The molecule has 1 aromatic heterocycles. The molecule has 0 spiro atoms. The van der Waals surface area contributed by atoms with Crippen molar-refractivity contribution in [2.24, 2.45) is 0 Å². The summed E-state index contributed by atoms with van der Waals surface area (Å²) in [6.45, 7) is 6.85. The van der Waals surface area contributed by atoms with E-state index in [1.807, 2.05) is 25.1 Å². The van der Waals surface area contributed by atoms with Crippen LogP contribution >= 0.6 is 0 Å². The van der Waals surface area contributed by atoms with E-state index in [1.165, 1.54) is 11.1 Å². The molecule has 2 N–H and O–H groups in total. The number of hydrogen-bond acceptors (Lipinski definition) is 3. The molecule has 0 unspecified atom stereocenters. The predicted octanol–water partition coefficient (Wildman–Crippen LogP) is 3.58. The highest BCUT2D eigenvalue weighted by atomic mass is 16.1. The zero-order valence-electron chi connectivity index (χ0n) is 12.7. The standard InChI is InChI=1S/C17H21N3O/c1-4-10-18-17(21)16-9-8-14(11-19-16)20-15-7-5-6-12(2)13(15)3/h5-9,11,20H,4,10H2,1-3H3,(H,18,21). The Morgan fingerprint density at radius 1 is 1.19 bits per heavy atom. The number of rotatable bonds is 5. The van der Waals surface area contributed by atoms with Gasteiger partial charge in [-0.15, -0.1) is 0 Å². The van der Waals surface area contributed by atoms with E-state index in [-0.39, 0.29) is 5.91 Å². The minimum absolute atomic E-state index is 0.130. The van der Waals surface area contributed by atoms with Gasteiger partial charge in [0, 0.05) is 12.2 Å². The molecule has 1 amide bonds. The van der Waals surface area contributed by atoms with Crippen LogP contribution in [-0.4, -0.2) is 17.4 Å². The van der Waals surface area contributed by atoms with Crippen LogP contribution < -0.4 is 10.6 Å². The van der Waals surface area contributed by atoms with Gasteiger partial charge < -0.3 is 10.6 Å². The molecule has 0 saturated heterocycles. The van der Waals surface area contributed by atoms with Crippen LogP contribution in [0.5, 0.6) is 0 Å². The van der Waals surface area contributed by atoms with Crippen LogP contribution in [-0.2, 0) is 0 Å². The fourth-order valence-electron chi connectivity index (χ4n) is 1.97. The topological polar surface area (TPSA) is 54.0 Å². The Bertz CT molecular complexity index is 620. The summed E-state index contributed by atoms with van der Waals surface area (Å²) < 4.78 is 0. The van der Waals surface area contributed by atoms with Gasteiger partial charge in [0.25, 0.3) is 5.91 Å². The molecule has 110 valence electrons. The molecule has 0 aliphatic heterocycles. The maximum absolute atomic E-state index is 11.8. The molecular formula is C17H21N3O. The smallest absolute Gasteiger partial charge is 0.269 e. The van der Waals surface area contributed by atoms with Crippen molar-refractivity contribution in [3.8, 4) is 0 Å². The molecule has 4 nitrogen and oxygen atoms in total. The van der Waals surface area contributed by atoms with Crippen molar-refractivity contribution in [2.45, 2.75) is 27.2 Å². The molecule has 0 atom stereocenters. The van der Waals surface area contributed by atoms with Crippen molar-refractivity contribution in [1.29, 1.82) is 0 Å². The van der Waals surface area contributed by atoms with Gasteiger partial charge in [-0.1, -0.05) is 19.1 Å². The van der Waals surface area contributed by atoms with Crippen LogP contribution in [0.15, 0.2) is 36.5 Å². The first-order chi connectivity index (χ1) is 10.1. The van der Waals surface area contributed by atoms with Crippen LogP contribution in [0.25, 0.3) is 0 Å². The molecule has 21 heavy (non-hydrogen) atoms. The highest BCUT2D eigenvalue weighted by Gasteiger charge is 2.06. The maximum atomic E-state index is 11.8. The first-order valence-corrected chi connectivity index (χ1v) is 7.19. The van der Waals surface area contributed by atoms with Crippen molar-refractivity contribution >= 4 is 17.3 Å². The third kappa shape index (κ3) is 3.81. The predicted molar refractivity (Wildman–Crippen MR) is 86.1 cm³/mol. The van der Waals surface area contributed by atoms with Gasteiger partial charge >= 0.3 is 0 Å². The third-order valence-corrected chi connectivity index (χ3v) is 3.42. The normalized spacial score (nSPS) is 10.2. The number of pyridine rings is 1. The molecular weight excluding hydrogens is 262 g/mol. The molecule has 1 heterocycles. The summed E-state index contributed by atoms with van der Waals surface area (Å²) in [7, 11) is 0. The number of nitrogens with zero attached hydrogens (tertiary/aromatic N) is 1. The van der Waals surface area contributed by atoms with Crippen molar-refractivity contribution in [2.75, 3.05) is 11.9 Å². The Labute approximate surface area is 125 Å². The first kappa shape index (κ1) is 15.0. The Morgan fingerprint density at radius 3 is 2.67 bits per heavy atom. The summed E-state index contributed by atoms with van der Waals surface area (Å²) in [6, 6.07) is 9.74. The van der Waals surface area contributed by atoms with Crippen LogP contribution in [0.1, 0.15) is 35.0 Å². The van der Waals surface area contributed by atoms with Crippen molar-refractivity contribution in [3.05, 3.63) is 53.3 Å². The molecule has 0 bridgehead atoms. The van der Waals surface area contributed by atoms with Gasteiger partial charge in [-0.25, -0.2) is 4.98 Å². The molecule has 0 aliphatic rings. The fraction of sp³-hybridized carbons (Fsp3) is 0.294. The van der Waals surface area contributed by atoms with Gasteiger partial charge in [-0.3, -0.25) is 4.79 Å². The highest BCUT2D eigenvalue weighted by Crippen LogP contribution is 2.22. The van der Waals surface area contributed by atoms with E-state index in [1.54, 1.807) is 12.3 Å². The van der Waals surface area contributed by atoms with E-state index in [9.17, 15) is 4.79 Å². The zero-order chi connectivity index (χ0) is 15.2. The zero-order valence-corrected chi connectivity index (χ0v) is 12.7. The molecule has 0 fully saturated rings. The lowest BCUT2D eigenvalue weighted by atomic mass is 10.1. The van der Waals surface area contributed by atoms with E-state index in [0.717, 1.165) is 17.8 Å². The third-order valence-electron chi connectivity index (χ3n) is 3.42. The molecule has 0 saturated carbocycles. The summed E-state index contributed by atoms with van der Waals surface area (Å²) in [6.07, 6.45) is 2.60.